The van der Waals surface area contributed by atoms with Crippen LogP contribution in [0.5, 0.6) is 0 Å². The van der Waals surface area contributed by atoms with Gasteiger partial charge in [0.05, 0.1) is 13.2 Å². The molecule has 0 amide bonds. The van der Waals surface area contributed by atoms with Gasteiger partial charge in [-0.25, -0.2) is 22.6 Å². The topological polar surface area (TPSA) is 281 Å². The summed E-state index contributed by atoms with van der Waals surface area (Å²) in [5.41, 5.74) is -4.96. The van der Waals surface area contributed by atoms with E-state index in [-0.39, 0.29) is 0 Å². The average Bonchev–Trinajstić information content (AvgIpc) is 2.86. The second-order valence-electron chi connectivity index (χ2n) is 6.57. The van der Waals surface area contributed by atoms with E-state index in [9.17, 15) is 52.4 Å². The first-order valence-electron chi connectivity index (χ1n) is 9.06. The van der Waals surface area contributed by atoms with Crippen LogP contribution >= 0.6 is 23.0 Å². The van der Waals surface area contributed by atoms with E-state index in [1.165, 1.54) is 0 Å². The van der Waals surface area contributed by atoms with E-state index in [0.29, 0.717) is 11.2 Å². The first-order valence-corrected chi connectivity index (χ1v) is 14.1. The fourth-order valence-corrected chi connectivity index (χ4v) is 6.40. The Bertz CT molecular complexity index is 1330. The molecule has 20 nitrogen and oxygen atoms in total. The lowest BCUT2D eigenvalue weighted by molar-refractivity contribution is -0.170. The zero-order valence-corrected chi connectivity index (χ0v) is 20.9. The van der Waals surface area contributed by atoms with Crippen LogP contribution in [-0.2, 0) is 31.6 Å². The van der Waals surface area contributed by atoms with Crippen molar-refractivity contribution in [1.82, 2.24) is 9.55 Å². The van der Waals surface area contributed by atoms with Gasteiger partial charge in [-0.3, -0.25) is 23.4 Å². The minimum atomic E-state index is -5.76. The Labute approximate surface area is 203 Å². The number of terminal acetylenes is 1. The smallest absolute Gasteiger partial charge is 0.392 e. The largest absolute Gasteiger partial charge is 0.505 e. The summed E-state index contributed by atoms with van der Waals surface area (Å²) in [4.78, 5) is 74.3. The number of aliphatic hydroxyl groups is 1. The van der Waals surface area contributed by atoms with Crippen LogP contribution in [-0.4, -0.2) is 52.9 Å². The van der Waals surface area contributed by atoms with Gasteiger partial charge in [0.2, 0.25) is 0 Å². The van der Waals surface area contributed by atoms with E-state index in [0.717, 1.165) is 12.3 Å². The number of nitrogens with zero attached hydrogens (tertiary/aromatic N) is 5. The fraction of sp³-hybridized carbons (Fsp3) is 0.538. The molecule has 0 bridgehead atoms. The fourth-order valence-electron chi connectivity index (χ4n) is 2.34. The molecule has 0 fully saturated rings. The Kier molecular flexibility index (Phi) is 11.3. The highest BCUT2D eigenvalue weighted by atomic mass is 31.3. The summed E-state index contributed by atoms with van der Waals surface area (Å²) in [6.07, 6.45) is 3.99. The summed E-state index contributed by atoms with van der Waals surface area (Å²) in [5, 5.41) is 12.1. The third-order valence-corrected chi connectivity index (χ3v) is 8.80. The molecular formula is C13H16FN6O14P3. The molecule has 1 aromatic rings. The highest BCUT2D eigenvalue weighted by Crippen LogP contribution is 2.72. The van der Waals surface area contributed by atoms with Gasteiger partial charge in [0.1, 0.15) is 6.67 Å². The van der Waals surface area contributed by atoms with Crippen molar-refractivity contribution >= 4 is 23.0 Å². The second-order valence-corrected chi connectivity index (χ2v) is 12.1. The molecule has 24 heteroatoms. The molecule has 0 spiro atoms. The van der Waals surface area contributed by atoms with Crippen LogP contribution in [0.3, 0.4) is 0 Å². The number of halogens is 1. The number of aliphatic hydroxyl groups excluding tert-OH is 1. The number of rotatable bonds is 17. The summed E-state index contributed by atoms with van der Waals surface area (Å²) >= 11 is 0. The number of H-pyrrole nitrogens is 1. The average molecular weight is 592 g/mol. The molecule has 204 valence electrons. The first kappa shape index (κ1) is 32.1. The highest BCUT2D eigenvalue weighted by molar-refractivity contribution is 7.72. The van der Waals surface area contributed by atoms with Crippen LogP contribution < -0.4 is 11.2 Å². The van der Waals surface area contributed by atoms with E-state index in [2.05, 4.69) is 18.3 Å². The van der Waals surface area contributed by atoms with Crippen LogP contribution in [0.1, 0.15) is 6.23 Å². The zero-order valence-electron chi connectivity index (χ0n) is 18.2. The van der Waals surface area contributed by atoms with Crippen molar-refractivity contribution in [2.75, 3.05) is 26.6 Å². The molecule has 1 rings (SSSR count). The zero-order chi connectivity index (χ0) is 28.5. The Morgan fingerprint density at radius 1 is 1.16 bits per heavy atom. The van der Waals surface area contributed by atoms with Gasteiger partial charge in [-0.05, 0) is 0 Å². The normalized spacial score (nSPS) is 19.4. The van der Waals surface area contributed by atoms with Crippen molar-refractivity contribution in [3.8, 4) is 12.3 Å². The maximum atomic E-state index is 14.3. The second kappa shape index (κ2) is 13.0. The molecule has 0 aliphatic carbocycles. The number of aromatic nitrogens is 2. The molecule has 37 heavy (non-hydrogen) atoms. The Balaban J connectivity index is 3.44. The summed E-state index contributed by atoms with van der Waals surface area (Å²) in [5.74, 6) is 1.68. The SMILES string of the molecule is C#C[C@H](N=O)[C@@](CF)(COP(=O)(N=O)OP(=O)(N=O)OP(C)(=O)N=O)O[C@H](CO)n1ccc(=O)[nH]c1=O. The number of hydrogen-bond acceptors (Lipinski definition) is 15. The number of nitrogens with one attached hydrogen (secondary N) is 1. The number of nitroso groups, excluding NO2 is 4. The van der Waals surface area contributed by atoms with Crippen molar-refractivity contribution < 1.29 is 41.1 Å². The van der Waals surface area contributed by atoms with Crippen molar-refractivity contribution in [2.24, 2.45) is 20.0 Å². The third kappa shape index (κ3) is 8.28. The monoisotopic (exact) mass is 592 g/mol. The molecule has 2 N–H and O–H groups in total. The molecule has 3 unspecified atom stereocenters. The Morgan fingerprint density at radius 3 is 2.22 bits per heavy atom. The van der Waals surface area contributed by atoms with Gasteiger partial charge in [-0.1, -0.05) is 11.1 Å². The molecule has 6 atom stereocenters. The minimum absolute atomic E-state index is 0.435. The highest BCUT2D eigenvalue weighted by Gasteiger charge is 2.50. The predicted molar refractivity (Wildman–Crippen MR) is 120 cm³/mol. The van der Waals surface area contributed by atoms with Gasteiger partial charge in [-0.2, -0.15) is 4.31 Å². The molecule has 0 aliphatic heterocycles. The molecular weight excluding hydrogens is 576 g/mol. The van der Waals surface area contributed by atoms with Crippen LogP contribution in [0.4, 0.5) is 4.39 Å². The van der Waals surface area contributed by atoms with E-state index in [4.69, 9.17) is 11.2 Å². The number of aromatic amines is 1. The van der Waals surface area contributed by atoms with Crippen molar-refractivity contribution in [1.29, 1.82) is 0 Å². The van der Waals surface area contributed by atoms with E-state index in [1.54, 1.807) is 15.9 Å². The minimum Gasteiger partial charge on any atom is -0.392 e. The lowest BCUT2D eigenvalue weighted by atomic mass is 9.97. The van der Waals surface area contributed by atoms with E-state index in [1.807, 2.05) is 9.89 Å². The molecule has 1 heterocycles. The maximum absolute atomic E-state index is 14.3. The number of ether oxygens (including phenoxy) is 1. The van der Waals surface area contributed by atoms with Gasteiger partial charge in [0.25, 0.3) is 5.56 Å². The quantitative estimate of drug-likeness (QED) is 0.148. The van der Waals surface area contributed by atoms with Crippen LogP contribution in [0.15, 0.2) is 41.9 Å². The molecule has 0 aliphatic rings. The molecule has 0 saturated carbocycles. The number of hydrogen-bond donors (Lipinski definition) is 2. The predicted octanol–water partition coefficient (Wildman–Crippen LogP) is 1.91. The standard InChI is InChI=1S/C13H16FN6O14P3/c1-3-9(16-24)13(7-14,32-11(6-21)20-5-4-10(22)15-12(20)23)8-31-36(29,18-26)34-37(30,19-27)33-35(2,28)17-25/h1,4-5,9,11,21H,6-8H2,2H3,(H,15,22,23)/t9-,11+,13+,35?,36?,37?/m0/s1. The number of alkyl halides is 1. The van der Waals surface area contributed by atoms with E-state index < -0.39 is 72.0 Å². The van der Waals surface area contributed by atoms with Gasteiger partial charge in [-0.15, -0.1) is 26.1 Å². The van der Waals surface area contributed by atoms with E-state index >= 15 is 0 Å². The summed E-state index contributed by atoms with van der Waals surface area (Å²) in [6, 6.07) is -1.42. The van der Waals surface area contributed by atoms with Crippen LogP contribution in [0.2, 0.25) is 0 Å². The molecule has 0 aromatic carbocycles. The lowest BCUT2D eigenvalue weighted by Crippen LogP contribution is -2.52. The van der Waals surface area contributed by atoms with Gasteiger partial charge in [0.15, 0.2) is 17.9 Å². The molecule has 1 aromatic heterocycles. The Hall–Kier alpha value is -2.94. The van der Waals surface area contributed by atoms with Crippen molar-refractivity contribution in [3.63, 3.8) is 0 Å². The van der Waals surface area contributed by atoms with Crippen molar-refractivity contribution in [3.05, 3.63) is 52.7 Å². The summed E-state index contributed by atoms with van der Waals surface area (Å²) in [6.45, 7) is -4.19. The van der Waals surface area contributed by atoms with Crippen LogP contribution in [0, 0.1) is 32.0 Å². The first-order chi connectivity index (χ1) is 17.2. The third-order valence-electron chi connectivity index (χ3n) is 3.96. The van der Waals surface area contributed by atoms with Gasteiger partial charge < -0.3 is 9.84 Å². The lowest BCUT2D eigenvalue weighted by Gasteiger charge is -2.35. The maximum Gasteiger partial charge on any atom is 0.505 e. The van der Waals surface area contributed by atoms with Crippen LogP contribution in [0.25, 0.3) is 0 Å². The molecule has 0 radical (unpaired) electrons. The van der Waals surface area contributed by atoms with Gasteiger partial charge >= 0.3 is 28.7 Å². The summed E-state index contributed by atoms with van der Waals surface area (Å²) < 4.78 is 68.9. The summed E-state index contributed by atoms with van der Waals surface area (Å²) in [7, 11) is -16.2. The molecule has 0 saturated heterocycles. The Morgan fingerprint density at radius 2 is 1.78 bits per heavy atom. The van der Waals surface area contributed by atoms with Crippen molar-refractivity contribution in [2.45, 2.75) is 17.9 Å². The van der Waals surface area contributed by atoms with Gasteiger partial charge in [0, 0.05) is 33.8 Å².